The van der Waals surface area contributed by atoms with E-state index in [1.807, 2.05) is 37.3 Å². The molecule has 0 unspecified atom stereocenters. The van der Waals surface area contributed by atoms with Crippen LogP contribution in [0.4, 0.5) is 11.4 Å². The summed E-state index contributed by atoms with van der Waals surface area (Å²) >= 11 is 1.26. The Bertz CT molecular complexity index is 1210. The minimum atomic E-state index is -0.207. The number of hydrogen-bond donors (Lipinski definition) is 1. The first kappa shape index (κ1) is 25.2. The average Bonchev–Trinajstić information content (AvgIpc) is 2.88. The van der Waals surface area contributed by atoms with Crippen LogP contribution in [0.15, 0.2) is 58.5 Å². The first-order valence-corrected chi connectivity index (χ1v) is 13.0. The summed E-state index contributed by atoms with van der Waals surface area (Å²) in [6.07, 6.45) is 0. The SMILES string of the molecule is CCN1CCN(c2ccc(NC(=O)CSc3nc4ccccc4c(=O)n3[C@@H](C)COC)cc2)CC1. The maximum Gasteiger partial charge on any atom is 0.262 e. The van der Waals surface area contributed by atoms with Crippen molar-refractivity contribution in [2.24, 2.45) is 0 Å². The fourth-order valence-corrected chi connectivity index (χ4v) is 5.23. The smallest absolute Gasteiger partial charge is 0.262 e. The summed E-state index contributed by atoms with van der Waals surface area (Å²) in [5.74, 6) is -0.00162. The van der Waals surface area contributed by atoms with Crippen molar-refractivity contribution < 1.29 is 9.53 Å². The van der Waals surface area contributed by atoms with Gasteiger partial charge in [-0.3, -0.25) is 14.2 Å². The average molecular weight is 496 g/mol. The van der Waals surface area contributed by atoms with E-state index in [1.54, 1.807) is 17.7 Å². The number of likely N-dealkylation sites (N-methyl/N-ethyl adjacent to an activating group) is 1. The van der Waals surface area contributed by atoms with Gasteiger partial charge in [-0.15, -0.1) is 0 Å². The molecule has 3 aromatic rings. The lowest BCUT2D eigenvalue weighted by atomic mass is 10.2. The van der Waals surface area contributed by atoms with E-state index in [0.717, 1.165) is 38.4 Å². The number of piperazine rings is 1. The number of anilines is 2. The third-order valence-corrected chi connectivity index (χ3v) is 7.24. The van der Waals surface area contributed by atoms with Crippen molar-refractivity contribution in [3.8, 4) is 0 Å². The molecule has 4 rings (SSSR count). The summed E-state index contributed by atoms with van der Waals surface area (Å²) in [7, 11) is 1.60. The molecule has 186 valence electrons. The van der Waals surface area contributed by atoms with E-state index in [4.69, 9.17) is 4.74 Å². The number of thioether (sulfide) groups is 1. The number of hydrogen-bond acceptors (Lipinski definition) is 7. The standard InChI is InChI=1S/C26H33N5O3S/c1-4-29-13-15-30(16-14-29)21-11-9-20(10-12-21)27-24(32)18-35-26-28-23-8-6-5-7-22(23)25(33)31(26)19(2)17-34-3/h5-12,19H,4,13-18H2,1-3H3,(H,27,32)/t19-/m0/s1. The summed E-state index contributed by atoms with van der Waals surface area (Å²) in [5, 5.41) is 4.02. The van der Waals surface area contributed by atoms with Gasteiger partial charge in [0.15, 0.2) is 5.16 Å². The topological polar surface area (TPSA) is 79.7 Å². The van der Waals surface area contributed by atoms with Crippen molar-refractivity contribution >= 4 is 39.9 Å². The van der Waals surface area contributed by atoms with Crippen molar-refractivity contribution in [1.82, 2.24) is 14.5 Å². The van der Waals surface area contributed by atoms with Gasteiger partial charge in [0.1, 0.15) is 0 Å². The van der Waals surface area contributed by atoms with Crippen molar-refractivity contribution in [2.75, 3.05) is 62.4 Å². The lowest BCUT2D eigenvalue weighted by molar-refractivity contribution is -0.113. The monoisotopic (exact) mass is 495 g/mol. The molecule has 1 fully saturated rings. The van der Waals surface area contributed by atoms with E-state index in [-0.39, 0.29) is 23.3 Å². The van der Waals surface area contributed by atoms with E-state index in [9.17, 15) is 9.59 Å². The normalized spacial score (nSPS) is 15.3. The van der Waals surface area contributed by atoms with Crippen LogP contribution < -0.4 is 15.8 Å². The number of rotatable bonds is 9. The molecule has 2 aromatic carbocycles. The molecule has 0 bridgehead atoms. The summed E-state index contributed by atoms with van der Waals surface area (Å²) < 4.78 is 6.89. The Labute approximate surface area is 210 Å². The Hall–Kier alpha value is -2.88. The number of fused-ring (bicyclic) bond motifs is 1. The van der Waals surface area contributed by atoms with Crippen LogP contribution in [0.2, 0.25) is 0 Å². The number of ether oxygens (including phenoxy) is 1. The highest BCUT2D eigenvalue weighted by Gasteiger charge is 2.18. The second-order valence-corrected chi connectivity index (χ2v) is 9.64. The molecule has 9 heteroatoms. The number of carbonyl (C=O) groups excluding carboxylic acids is 1. The van der Waals surface area contributed by atoms with Crippen molar-refractivity contribution in [3.63, 3.8) is 0 Å². The van der Waals surface area contributed by atoms with Gasteiger partial charge in [0.05, 0.1) is 29.3 Å². The molecule has 1 aromatic heterocycles. The zero-order valence-corrected chi connectivity index (χ0v) is 21.4. The number of aromatic nitrogens is 2. The Balaban J connectivity index is 1.42. The molecule has 0 radical (unpaired) electrons. The molecule has 1 aliphatic heterocycles. The number of benzene rings is 2. The molecule has 2 heterocycles. The third-order valence-electron chi connectivity index (χ3n) is 6.29. The van der Waals surface area contributed by atoms with Crippen molar-refractivity contribution in [1.29, 1.82) is 0 Å². The third kappa shape index (κ3) is 6.04. The van der Waals surface area contributed by atoms with Gasteiger partial charge in [-0.1, -0.05) is 30.8 Å². The van der Waals surface area contributed by atoms with E-state index >= 15 is 0 Å². The minimum Gasteiger partial charge on any atom is -0.383 e. The van der Waals surface area contributed by atoms with E-state index in [1.165, 1.54) is 17.4 Å². The van der Waals surface area contributed by atoms with Crippen LogP contribution in [0.25, 0.3) is 10.9 Å². The van der Waals surface area contributed by atoms with Gasteiger partial charge in [0.2, 0.25) is 5.91 Å². The molecule has 0 saturated carbocycles. The molecule has 8 nitrogen and oxygen atoms in total. The van der Waals surface area contributed by atoms with Crippen LogP contribution in [0.1, 0.15) is 19.9 Å². The van der Waals surface area contributed by atoms with Gasteiger partial charge in [-0.2, -0.15) is 0 Å². The molecule has 35 heavy (non-hydrogen) atoms. The van der Waals surface area contributed by atoms with Gasteiger partial charge >= 0.3 is 0 Å². The number of carbonyl (C=O) groups is 1. The molecular weight excluding hydrogens is 462 g/mol. The zero-order chi connectivity index (χ0) is 24.8. The van der Waals surface area contributed by atoms with Gasteiger partial charge in [0.25, 0.3) is 5.56 Å². The molecule has 1 aliphatic rings. The van der Waals surface area contributed by atoms with Crippen LogP contribution in [0.3, 0.4) is 0 Å². The van der Waals surface area contributed by atoms with Crippen LogP contribution in [0.5, 0.6) is 0 Å². The number of amides is 1. The second kappa shape index (κ2) is 11.7. The van der Waals surface area contributed by atoms with Gasteiger partial charge < -0.3 is 19.9 Å². The molecule has 1 saturated heterocycles. The van der Waals surface area contributed by atoms with Crippen LogP contribution in [-0.2, 0) is 9.53 Å². The molecule has 1 N–H and O–H groups in total. The predicted octanol–water partition coefficient (Wildman–Crippen LogP) is 3.48. The highest BCUT2D eigenvalue weighted by Crippen LogP contribution is 2.23. The summed E-state index contributed by atoms with van der Waals surface area (Å²) in [5.41, 5.74) is 2.42. The summed E-state index contributed by atoms with van der Waals surface area (Å²) in [6, 6.07) is 15.1. The number of methoxy groups -OCH3 is 1. The Morgan fingerprint density at radius 2 is 1.83 bits per heavy atom. The Morgan fingerprint density at radius 3 is 2.51 bits per heavy atom. The van der Waals surface area contributed by atoms with Crippen molar-refractivity contribution in [2.45, 2.75) is 25.0 Å². The number of nitrogens with zero attached hydrogens (tertiary/aromatic N) is 4. The van der Waals surface area contributed by atoms with Gasteiger partial charge in [0, 0.05) is 44.7 Å². The largest absolute Gasteiger partial charge is 0.383 e. The lowest BCUT2D eigenvalue weighted by Gasteiger charge is -2.35. The van der Waals surface area contributed by atoms with E-state index in [2.05, 4.69) is 39.2 Å². The quantitative estimate of drug-likeness (QED) is 0.360. The highest BCUT2D eigenvalue weighted by atomic mass is 32.2. The zero-order valence-electron chi connectivity index (χ0n) is 20.6. The minimum absolute atomic E-state index is 0.126. The van der Waals surface area contributed by atoms with Crippen molar-refractivity contribution in [3.05, 3.63) is 58.9 Å². The summed E-state index contributed by atoms with van der Waals surface area (Å²) in [4.78, 5) is 35.4. The Kier molecular flexibility index (Phi) is 8.43. The summed E-state index contributed by atoms with van der Waals surface area (Å²) in [6.45, 7) is 9.74. The number of para-hydroxylation sites is 1. The lowest BCUT2D eigenvalue weighted by Crippen LogP contribution is -2.46. The maximum atomic E-state index is 13.1. The molecule has 0 aliphatic carbocycles. The Morgan fingerprint density at radius 1 is 1.11 bits per heavy atom. The maximum absolute atomic E-state index is 13.1. The number of nitrogens with one attached hydrogen (secondary N) is 1. The second-order valence-electron chi connectivity index (χ2n) is 8.70. The molecule has 0 spiro atoms. The first-order chi connectivity index (χ1) is 17.0. The molecule has 1 amide bonds. The first-order valence-electron chi connectivity index (χ1n) is 12.0. The van der Waals surface area contributed by atoms with E-state index < -0.39 is 0 Å². The molecule has 1 atom stereocenters. The van der Waals surface area contributed by atoms with Gasteiger partial charge in [-0.05, 0) is 49.9 Å². The van der Waals surface area contributed by atoms with Crippen LogP contribution >= 0.6 is 11.8 Å². The molecular formula is C26H33N5O3S. The fraction of sp³-hybridized carbons (Fsp3) is 0.423. The van der Waals surface area contributed by atoms with Crippen LogP contribution in [-0.4, -0.2) is 72.6 Å². The van der Waals surface area contributed by atoms with E-state index in [0.29, 0.717) is 22.7 Å². The highest BCUT2D eigenvalue weighted by molar-refractivity contribution is 7.99. The predicted molar refractivity (Wildman–Crippen MR) is 143 cm³/mol. The van der Waals surface area contributed by atoms with Crippen LogP contribution in [0, 0.1) is 0 Å². The van der Waals surface area contributed by atoms with Gasteiger partial charge in [-0.25, -0.2) is 4.98 Å². The fourth-order valence-electron chi connectivity index (χ4n) is 4.34.